The van der Waals surface area contributed by atoms with Crippen molar-refractivity contribution in [1.82, 2.24) is 10.2 Å². The van der Waals surface area contributed by atoms with E-state index in [0.717, 1.165) is 12.3 Å². The first kappa shape index (κ1) is 15.0. The van der Waals surface area contributed by atoms with Gasteiger partial charge in [0, 0.05) is 12.6 Å². The van der Waals surface area contributed by atoms with Gasteiger partial charge in [-0.15, -0.1) is 0 Å². The average molecular weight is 250 g/mol. The predicted octanol–water partition coefficient (Wildman–Crippen LogP) is 2.44. The highest BCUT2D eigenvalue weighted by atomic mass is 16.5. The summed E-state index contributed by atoms with van der Waals surface area (Å²) in [4.78, 5) is 2.26. The summed E-state index contributed by atoms with van der Waals surface area (Å²) in [5.74, 6) is 0.982. The zero-order valence-corrected chi connectivity index (χ0v) is 12.7. The molecule has 3 nitrogen and oxygen atoms in total. The number of hydrogen-bond donors (Lipinski definition) is 1. The van der Waals surface area contributed by atoms with E-state index in [9.17, 15) is 0 Å². The van der Waals surface area contributed by atoms with Crippen molar-refractivity contribution >= 4 is 0 Å². The van der Waals surface area contributed by atoms with Crippen LogP contribution in [0, 0.1) is 20.8 Å². The Balaban J connectivity index is 3.34. The van der Waals surface area contributed by atoms with Gasteiger partial charge in [-0.2, -0.15) is 0 Å². The van der Waals surface area contributed by atoms with Gasteiger partial charge in [0.25, 0.3) is 0 Å². The van der Waals surface area contributed by atoms with Gasteiger partial charge in [0.1, 0.15) is 5.75 Å². The van der Waals surface area contributed by atoms with Gasteiger partial charge < -0.3 is 15.0 Å². The topological polar surface area (TPSA) is 24.5 Å². The second-order valence-electron chi connectivity index (χ2n) is 5.10. The molecule has 18 heavy (non-hydrogen) atoms. The fraction of sp³-hybridized carbons (Fsp3) is 0.600. The number of ether oxygens (including phenoxy) is 1. The molecule has 0 fully saturated rings. The second kappa shape index (κ2) is 6.21. The molecule has 1 N–H and O–H groups in total. The van der Waals surface area contributed by atoms with Crippen LogP contribution in [0.3, 0.4) is 0 Å². The molecule has 1 unspecified atom stereocenters. The summed E-state index contributed by atoms with van der Waals surface area (Å²) in [6.45, 7) is 7.42. The fourth-order valence-corrected chi connectivity index (χ4v) is 2.53. The van der Waals surface area contributed by atoms with E-state index in [2.05, 4.69) is 51.1 Å². The molecular formula is C15H26N2O. The van der Waals surface area contributed by atoms with Crippen molar-refractivity contribution in [3.05, 3.63) is 28.3 Å². The highest BCUT2D eigenvalue weighted by Gasteiger charge is 2.20. The first-order chi connectivity index (χ1) is 8.43. The fourth-order valence-electron chi connectivity index (χ4n) is 2.53. The van der Waals surface area contributed by atoms with Crippen LogP contribution in [0.15, 0.2) is 6.07 Å². The lowest BCUT2D eigenvalue weighted by molar-refractivity contribution is 0.291. The Morgan fingerprint density at radius 1 is 1.22 bits per heavy atom. The van der Waals surface area contributed by atoms with Crippen LogP contribution in [0.25, 0.3) is 0 Å². The van der Waals surface area contributed by atoms with Crippen molar-refractivity contribution in [2.75, 3.05) is 34.8 Å². The maximum Gasteiger partial charge on any atom is 0.122 e. The molecule has 1 aromatic carbocycles. The first-order valence-corrected chi connectivity index (χ1v) is 6.39. The van der Waals surface area contributed by atoms with E-state index < -0.39 is 0 Å². The number of hydrogen-bond acceptors (Lipinski definition) is 3. The summed E-state index contributed by atoms with van der Waals surface area (Å²) >= 11 is 0. The molecule has 0 heterocycles. The van der Waals surface area contributed by atoms with Crippen LogP contribution in [0.4, 0.5) is 0 Å². The molecule has 0 aliphatic carbocycles. The number of likely N-dealkylation sites (N-methyl/N-ethyl adjacent to an activating group) is 2. The van der Waals surface area contributed by atoms with Crippen LogP contribution >= 0.6 is 0 Å². The minimum atomic E-state index is 0.389. The molecule has 1 rings (SSSR count). The van der Waals surface area contributed by atoms with E-state index in [0.29, 0.717) is 6.04 Å². The van der Waals surface area contributed by atoms with E-state index in [1.807, 2.05) is 7.05 Å². The number of benzene rings is 1. The third kappa shape index (κ3) is 2.85. The summed E-state index contributed by atoms with van der Waals surface area (Å²) < 4.78 is 5.43. The zero-order chi connectivity index (χ0) is 13.9. The normalized spacial score (nSPS) is 12.9. The third-order valence-electron chi connectivity index (χ3n) is 3.68. The smallest absolute Gasteiger partial charge is 0.122 e. The van der Waals surface area contributed by atoms with Crippen molar-refractivity contribution in [2.45, 2.75) is 26.8 Å². The van der Waals surface area contributed by atoms with Crippen LogP contribution in [0.5, 0.6) is 5.75 Å². The molecule has 1 aromatic rings. The Labute approximate surface area is 111 Å². The molecule has 0 amide bonds. The van der Waals surface area contributed by atoms with Gasteiger partial charge in [-0.1, -0.05) is 0 Å². The number of aryl methyl sites for hydroxylation is 1. The van der Waals surface area contributed by atoms with E-state index in [1.54, 1.807) is 7.11 Å². The van der Waals surface area contributed by atoms with Gasteiger partial charge in [-0.3, -0.25) is 0 Å². The largest absolute Gasteiger partial charge is 0.496 e. The van der Waals surface area contributed by atoms with Gasteiger partial charge in [-0.25, -0.2) is 0 Å². The Morgan fingerprint density at radius 3 is 2.28 bits per heavy atom. The Morgan fingerprint density at radius 2 is 1.83 bits per heavy atom. The molecule has 0 aliphatic rings. The van der Waals surface area contributed by atoms with Crippen molar-refractivity contribution in [3.8, 4) is 5.75 Å². The van der Waals surface area contributed by atoms with E-state index >= 15 is 0 Å². The van der Waals surface area contributed by atoms with Crippen molar-refractivity contribution in [1.29, 1.82) is 0 Å². The summed E-state index contributed by atoms with van der Waals surface area (Å²) in [5.41, 5.74) is 5.28. The van der Waals surface area contributed by atoms with Gasteiger partial charge in [0.15, 0.2) is 0 Å². The summed E-state index contributed by atoms with van der Waals surface area (Å²) in [6, 6.07) is 2.53. The minimum Gasteiger partial charge on any atom is -0.496 e. The molecule has 0 bridgehead atoms. The maximum atomic E-state index is 5.43. The highest BCUT2D eigenvalue weighted by Crippen LogP contribution is 2.32. The summed E-state index contributed by atoms with van der Waals surface area (Å²) in [7, 11) is 7.98. The van der Waals surface area contributed by atoms with Gasteiger partial charge in [-0.05, 0) is 70.2 Å². The minimum absolute atomic E-state index is 0.389. The van der Waals surface area contributed by atoms with Crippen molar-refractivity contribution < 1.29 is 4.74 Å². The molecule has 1 atom stereocenters. The van der Waals surface area contributed by atoms with E-state index in [1.165, 1.54) is 22.3 Å². The third-order valence-corrected chi connectivity index (χ3v) is 3.68. The lowest BCUT2D eigenvalue weighted by Crippen LogP contribution is -2.30. The number of methoxy groups -OCH3 is 1. The number of rotatable bonds is 5. The van der Waals surface area contributed by atoms with Crippen LogP contribution in [0.1, 0.15) is 28.3 Å². The second-order valence-corrected chi connectivity index (χ2v) is 5.10. The lowest BCUT2D eigenvalue weighted by Gasteiger charge is -2.29. The molecule has 0 aromatic heterocycles. The SMILES string of the molecule is CNCC(c1c(C)cc(OC)c(C)c1C)N(C)C. The first-order valence-electron chi connectivity index (χ1n) is 6.39. The lowest BCUT2D eigenvalue weighted by atomic mass is 9.91. The maximum absolute atomic E-state index is 5.43. The van der Waals surface area contributed by atoms with Crippen molar-refractivity contribution in [3.63, 3.8) is 0 Å². The molecule has 0 spiro atoms. The van der Waals surface area contributed by atoms with Crippen LogP contribution < -0.4 is 10.1 Å². The molecule has 0 aliphatic heterocycles. The van der Waals surface area contributed by atoms with Crippen LogP contribution in [-0.4, -0.2) is 39.7 Å². The molecule has 102 valence electrons. The summed E-state index contributed by atoms with van der Waals surface area (Å²) in [6.07, 6.45) is 0. The Hall–Kier alpha value is -1.06. The zero-order valence-electron chi connectivity index (χ0n) is 12.7. The summed E-state index contributed by atoms with van der Waals surface area (Å²) in [5, 5.41) is 3.28. The number of nitrogens with one attached hydrogen (secondary N) is 1. The molecule has 0 saturated heterocycles. The quantitative estimate of drug-likeness (QED) is 0.868. The van der Waals surface area contributed by atoms with Crippen LogP contribution in [0.2, 0.25) is 0 Å². The Kier molecular flexibility index (Phi) is 5.17. The number of nitrogens with zero attached hydrogens (tertiary/aromatic N) is 1. The van der Waals surface area contributed by atoms with E-state index in [4.69, 9.17) is 4.74 Å². The predicted molar refractivity (Wildman–Crippen MR) is 77.6 cm³/mol. The molecule has 0 radical (unpaired) electrons. The van der Waals surface area contributed by atoms with Crippen LogP contribution in [-0.2, 0) is 0 Å². The average Bonchev–Trinajstić information content (AvgIpc) is 2.32. The molecular weight excluding hydrogens is 224 g/mol. The standard InChI is InChI=1S/C15H26N2O/c1-10-8-14(18-7)11(2)12(3)15(10)13(9-16-4)17(5)6/h8,13,16H,9H2,1-7H3. The van der Waals surface area contributed by atoms with Gasteiger partial charge in [0.2, 0.25) is 0 Å². The van der Waals surface area contributed by atoms with Gasteiger partial charge in [0.05, 0.1) is 7.11 Å². The van der Waals surface area contributed by atoms with Crippen molar-refractivity contribution in [2.24, 2.45) is 0 Å². The molecule has 3 heteroatoms. The van der Waals surface area contributed by atoms with Gasteiger partial charge >= 0.3 is 0 Å². The monoisotopic (exact) mass is 250 g/mol. The van der Waals surface area contributed by atoms with E-state index in [-0.39, 0.29) is 0 Å². The molecule has 0 saturated carbocycles. The highest BCUT2D eigenvalue weighted by molar-refractivity contribution is 5.49. The Bertz CT molecular complexity index is 413.